The van der Waals surface area contributed by atoms with Crippen molar-refractivity contribution in [2.75, 3.05) is 19.6 Å². The number of benzene rings is 3. The highest BCUT2D eigenvalue weighted by Gasteiger charge is 2.33. The zero-order valence-electron chi connectivity index (χ0n) is 18.8. The van der Waals surface area contributed by atoms with Crippen molar-refractivity contribution in [3.05, 3.63) is 94.3 Å². The summed E-state index contributed by atoms with van der Waals surface area (Å²) in [4.78, 5) is 14.9. The zero-order valence-corrected chi connectivity index (χ0v) is 20.4. The van der Waals surface area contributed by atoms with Crippen LogP contribution in [0.2, 0.25) is 5.02 Å². The summed E-state index contributed by atoms with van der Waals surface area (Å²) in [5.41, 5.74) is 2.79. The summed E-state index contributed by atoms with van der Waals surface area (Å²) in [5, 5.41) is 0.00145. The molecule has 0 spiro atoms. The summed E-state index contributed by atoms with van der Waals surface area (Å²) in [6.07, 6.45) is 0.459. The molecular formula is C26H26ClFN2O3S. The molecular weight excluding hydrogens is 475 g/mol. The SMILES string of the molecule is Cc1cc(-c2ccccc2)cc(C(=O)CNS(=O)(=O)C2CCN(Cc3cccc(Cl)c3)C2)c1F. The largest absolute Gasteiger partial charge is 0.298 e. The number of likely N-dealkylation sites (tertiary alicyclic amines) is 1. The molecule has 5 nitrogen and oxygen atoms in total. The first kappa shape index (κ1) is 24.5. The Morgan fingerprint density at radius 2 is 1.85 bits per heavy atom. The molecule has 0 radical (unpaired) electrons. The van der Waals surface area contributed by atoms with E-state index in [2.05, 4.69) is 4.72 Å². The van der Waals surface area contributed by atoms with Crippen molar-refractivity contribution in [3.63, 3.8) is 0 Å². The summed E-state index contributed by atoms with van der Waals surface area (Å²) in [6.45, 7) is 2.69. The van der Waals surface area contributed by atoms with Gasteiger partial charge in [-0.3, -0.25) is 9.69 Å². The minimum atomic E-state index is -3.74. The van der Waals surface area contributed by atoms with Gasteiger partial charge in [0.15, 0.2) is 5.78 Å². The third-order valence-electron chi connectivity index (χ3n) is 6.06. The molecule has 1 N–H and O–H groups in total. The van der Waals surface area contributed by atoms with Crippen LogP contribution in [0.25, 0.3) is 11.1 Å². The highest BCUT2D eigenvalue weighted by Crippen LogP contribution is 2.25. The quantitative estimate of drug-likeness (QED) is 0.450. The number of carbonyl (C=O) groups excluding carboxylic acids is 1. The van der Waals surface area contributed by atoms with Crippen LogP contribution >= 0.6 is 11.6 Å². The second-order valence-electron chi connectivity index (χ2n) is 8.59. The van der Waals surface area contributed by atoms with Gasteiger partial charge in [0.1, 0.15) is 5.82 Å². The third kappa shape index (κ3) is 5.73. The van der Waals surface area contributed by atoms with Crippen molar-refractivity contribution in [3.8, 4) is 11.1 Å². The lowest BCUT2D eigenvalue weighted by Gasteiger charge is -2.17. The van der Waals surface area contributed by atoms with Gasteiger partial charge in [-0.05, 0) is 66.4 Å². The zero-order chi connectivity index (χ0) is 24.3. The van der Waals surface area contributed by atoms with E-state index in [1.165, 1.54) is 6.07 Å². The van der Waals surface area contributed by atoms with Crippen molar-refractivity contribution < 1.29 is 17.6 Å². The molecule has 1 fully saturated rings. The van der Waals surface area contributed by atoms with Crippen molar-refractivity contribution in [1.29, 1.82) is 0 Å². The van der Waals surface area contributed by atoms with Crippen LogP contribution in [0.4, 0.5) is 4.39 Å². The summed E-state index contributed by atoms with van der Waals surface area (Å²) >= 11 is 6.04. The molecule has 4 rings (SSSR count). The van der Waals surface area contributed by atoms with Crippen LogP contribution in [0.5, 0.6) is 0 Å². The van der Waals surface area contributed by atoms with Gasteiger partial charge in [-0.1, -0.05) is 54.1 Å². The van der Waals surface area contributed by atoms with Gasteiger partial charge < -0.3 is 0 Å². The first-order chi connectivity index (χ1) is 16.2. The van der Waals surface area contributed by atoms with Crippen molar-refractivity contribution in [1.82, 2.24) is 9.62 Å². The molecule has 0 amide bonds. The van der Waals surface area contributed by atoms with Crippen molar-refractivity contribution >= 4 is 27.4 Å². The van der Waals surface area contributed by atoms with Crippen LogP contribution in [-0.2, 0) is 16.6 Å². The lowest BCUT2D eigenvalue weighted by molar-refractivity contribution is 0.0993. The molecule has 1 aliphatic rings. The second-order valence-corrected chi connectivity index (χ2v) is 11.1. The smallest absolute Gasteiger partial charge is 0.216 e. The van der Waals surface area contributed by atoms with E-state index < -0.39 is 33.4 Å². The normalized spacial score (nSPS) is 16.6. The lowest BCUT2D eigenvalue weighted by atomic mass is 9.98. The average Bonchev–Trinajstić information content (AvgIpc) is 3.29. The molecule has 0 aliphatic carbocycles. The summed E-state index contributed by atoms with van der Waals surface area (Å²) < 4.78 is 42.9. The van der Waals surface area contributed by atoms with E-state index in [1.807, 2.05) is 53.4 Å². The minimum absolute atomic E-state index is 0.115. The Hall–Kier alpha value is -2.58. The van der Waals surface area contributed by atoms with Gasteiger partial charge in [-0.2, -0.15) is 0 Å². The molecule has 8 heteroatoms. The first-order valence-corrected chi connectivity index (χ1v) is 13.0. The maximum atomic E-state index is 14.7. The highest BCUT2D eigenvalue weighted by atomic mass is 35.5. The van der Waals surface area contributed by atoms with E-state index in [9.17, 15) is 17.6 Å². The van der Waals surface area contributed by atoms with Gasteiger partial charge in [0.2, 0.25) is 10.0 Å². The molecule has 0 saturated carbocycles. The standard InChI is InChI=1S/C26H26ClFN2O3S/c1-18-12-21(20-7-3-2-4-8-20)14-24(26(18)28)25(31)15-29-34(32,33)23-10-11-30(17-23)16-19-6-5-9-22(27)13-19/h2-9,12-14,23,29H,10-11,15-17H2,1H3. The molecule has 3 aromatic carbocycles. The van der Waals surface area contributed by atoms with Gasteiger partial charge >= 0.3 is 0 Å². The molecule has 3 aromatic rings. The van der Waals surface area contributed by atoms with Crippen LogP contribution < -0.4 is 4.72 Å². The maximum absolute atomic E-state index is 14.7. The Kier molecular flexibility index (Phi) is 7.48. The monoisotopic (exact) mass is 500 g/mol. The predicted molar refractivity (Wildman–Crippen MR) is 133 cm³/mol. The number of ketones is 1. The Labute approximate surface area is 204 Å². The van der Waals surface area contributed by atoms with Gasteiger partial charge in [0.25, 0.3) is 0 Å². The Bertz CT molecular complexity index is 1300. The van der Waals surface area contributed by atoms with E-state index in [1.54, 1.807) is 19.1 Å². The molecule has 0 bridgehead atoms. The fourth-order valence-electron chi connectivity index (χ4n) is 4.24. The Balaban J connectivity index is 1.41. The summed E-state index contributed by atoms with van der Waals surface area (Å²) in [7, 11) is -3.74. The molecule has 1 atom stereocenters. The van der Waals surface area contributed by atoms with Gasteiger partial charge in [0, 0.05) is 18.1 Å². The van der Waals surface area contributed by atoms with Crippen LogP contribution in [0.3, 0.4) is 0 Å². The van der Waals surface area contributed by atoms with E-state index in [-0.39, 0.29) is 5.56 Å². The highest BCUT2D eigenvalue weighted by molar-refractivity contribution is 7.90. The molecule has 1 aliphatic heterocycles. The first-order valence-electron chi connectivity index (χ1n) is 11.1. The van der Waals surface area contributed by atoms with Gasteiger partial charge in [-0.15, -0.1) is 0 Å². The number of hydrogen-bond acceptors (Lipinski definition) is 4. The average molecular weight is 501 g/mol. The maximum Gasteiger partial charge on any atom is 0.216 e. The van der Waals surface area contributed by atoms with Crippen LogP contribution in [0, 0.1) is 12.7 Å². The van der Waals surface area contributed by atoms with Gasteiger partial charge in [0.05, 0.1) is 17.4 Å². The molecule has 178 valence electrons. The van der Waals surface area contributed by atoms with E-state index in [4.69, 9.17) is 11.6 Å². The molecule has 1 heterocycles. The number of halogens is 2. The number of nitrogens with one attached hydrogen (secondary N) is 1. The third-order valence-corrected chi connectivity index (χ3v) is 8.10. The van der Waals surface area contributed by atoms with Crippen LogP contribution in [0.1, 0.15) is 27.9 Å². The summed E-state index contributed by atoms with van der Waals surface area (Å²) in [6, 6.07) is 20.0. The van der Waals surface area contributed by atoms with Crippen molar-refractivity contribution in [2.24, 2.45) is 0 Å². The number of rotatable bonds is 8. The molecule has 34 heavy (non-hydrogen) atoms. The molecule has 1 unspecified atom stereocenters. The Morgan fingerprint density at radius 3 is 2.59 bits per heavy atom. The van der Waals surface area contributed by atoms with E-state index >= 15 is 0 Å². The number of Topliss-reactive ketones (excluding diaryl/α,β-unsaturated/α-hetero) is 1. The molecule has 0 aromatic heterocycles. The predicted octanol–water partition coefficient (Wildman–Crippen LogP) is 4.83. The topological polar surface area (TPSA) is 66.5 Å². The summed E-state index contributed by atoms with van der Waals surface area (Å²) in [5.74, 6) is -1.23. The number of carbonyl (C=O) groups is 1. The number of sulfonamides is 1. The molecule has 1 saturated heterocycles. The number of hydrogen-bond donors (Lipinski definition) is 1. The Morgan fingerprint density at radius 1 is 1.09 bits per heavy atom. The number of nitrogens with zero attached hydrogens (tertiary/aromatic N) is 1. The van der Waals surface area contributed by atoms with Crippen LogP contribution in [-0.4, -0.2) is 44.0 Å². The fraction of sp³-hybridized carbons (Fsp3) is 0.269. The second kappa shape index (κ2) is 10.4. The van der Waals surface area contributed by atoms with E-state index in [0.29, 0.717) is 42.2 Å². The number of aryl methyl sites for hydroxylation is 1. The van der Waals surface area contributed by atoms with Crippen molar-refractivity contribution in [2.45, 2.75) is 25.1 Å². The lowest BCUT2D eigenvalue weighted by Crippen LogP contribution is -2.39. The fourth-order valence-corrected chi connectivity index (χ4v) is 5.84. The van der Waals surface area contributed by atoms with Crippen LogP contribution in [0.15, 0.2) is 66.7 Å². The van der Waals surface area contributed by atoms with Gasteiger partial charge in [-0.25, -0.2) is 17.5 Å². The van der Waals surface area contributed by atoms with E-state index in [0.717, 1.165) is 11.1 Å². The minimum Gasteiger partial charge on any atom is -0.298 e.